The topological polar surface area (TPSA) is 196 Å². The van der Waals surface area contributed by atoms with Crippen molar-refractivity contribution in [2.24, 2.45) is 10.2 Å². The molecule has 68 heavy (non-hydrogen) atoms. The highest BCUT2D eigenvalue weighted by Crippen LogP contribution is 2.26. The van der Waals surface area contributed by atoms with Gasteiger partial charge in [-0.1, -0.05) is 51.3 Å². The van der Waals surface area contributed by atoms with Gasteiger partial charge in [0.25, 0.3) is 0 Å². The van der Waals surface area contributed by atoms with E-state index in [0.717, 1.165) is 23.3 Å². The number of carbonyl (C=O) groups is 4. The second kappa shape index (κ2) is 27.8. The number of unbranched alkanes of at least 4 members (excludes halogenated alkanes) is 2. The summed E-state index contributed by atoms with van der Waals surface area (Å²) in [5.41, 5.74) is 4.82. The van der Waals surface area contributed by atoms with Gasteiger partial charge in [0.2, 0.25) is 0 Å². The van der Waals surface area contributed by atoms with Crippen LogP contribution >= 0.6 is 0 Å². The fraction of sp³-hybridized carbons (Fsp3) is 0.259. The maximum Gasteiger partial charge on any atom is 0.354 e. The van der Waals surface area contributed by atoms with Gasteiger partial charge in [-0.25, -0.2) is 19.2 Å². The molecule has 14 nitrogen and oxygen atoms in total. The van der Waals surface area contributed by atoms with Crippen molar-refractivity contribution in [2.75, 3.05) is 26.4 Å². The van der Waals surface area contributed by atoms with Crippen LogP contribution in [0.4, 0.5) is 0 Å². The molecule has 0 N–H and O–H groups in total. The molecule has 0 amide bonds. The third-order valence-electron chi connectivity index (χ3n) is 10.2. The number of rotatable bonds is 25. The molecule has 0 heterocycles. The second-order valence-electron chi connectivity index (χ2n) is 14.8. The molecule has 14 heteroatoms. The quantitative estimate of drug-likeness (QED) is 0.0116. The standard InChI is InChI=1S/C54H54N4O10/c1-7-49(41-19-27-45(28-20-41)67-53(61)47(35-55)37(5)39-15-23-43(24-16-39)63-31-11-13-33-65-51(59)9-3)57-58-50(8-2)42-21-29-46(30-22-42)68-54(62)48(36-56)38(6)40-17-25-44(26-18-40)64-32-12-14-34-66-52(60)10-4/h9-10,15-30H,3-4,7-8,11-14,31-34H2,1-2,5-6H3/b47-37+,48-38+,57-49+,58-50+. The molecule has 4 aromatic carbocycles. The summed E-state index contributed by atoms with van der Waals surface area (Å²) >= 11 is 0. The first-order valence-electron chi connectivity index (χ1n) is 22.0. The summed E-state index contributed by atoms with van der Waals surface area (Å²) < 4.78 is 32.6. The average Bonchev–Trinajstić information content (AvgIpc) is 3.36. The van der Waals surface area contributed by atoms with Crippen molar-refractivity contribution in [2.45, 2.75) is 66.2 Å². The first-order valence-corrected chi connectivity index (χ1v) is 22.0. The number of benzene rings is 4. The summed E-state index contributed by atoms with van der Waals surface area (Å²) in [7, 11) is 0. The number of nitriles is 2. The molecule has 0 unspecified atom stereocenters. The van der Waals surface area contributed by atoms with E-state index in [1.54, 1.807) is 111 Å². The third-order valence-corrected chi connectivity index (χ3v) is 10.2. The Morgan fingerprint density at radius 2 is 0.809 bits per heavy atom. The minimum atomic E-state index is -0.792. The number of carbonyl (C=O) groups excluding carboxylic acids is 4. The van der Waals surface area contributed by atoms with E-state index >= 15 is 0 Å². The zero-order chi connectivity index (χ0) is 49.3. The van der Waals surface area contributed by atoms with E-state index in [2.05, 4.69) is 23.4 Å². The van der Waals surface area contributed by atoms with Crippen LogP contribution in [0.3, 0.4) is 0 Å². The number of ether oxygens (including phenoxy) is 6. The van der Waals surface area contributed by atoms with Gasteiger partial charge in [-0.05, 0) is 159 Å². The van der Waals surface area contributed by atoms with Crippen LogP contribution in [0, 0.1) is 22.7 Å². The molecule has 4 aromatic rings. The molecule has 0 aliphatic carbocycles. The van der Waals surface area contributed by atoms with E-state index in [9.17, 15) is 29.7 Å². The maximum atomic E-state index is 13.1. The molecule has 350 valence electrons. The van der Waals surface area contributed by atoms with Crippen LogP contribution < -0.4 is 18.9 Å². The first-order chi connectivity index (χ1) is 32.9. The van der Waals surface area contributed by atoms with Crippen molar-refractivity contribution < 1.29 is 47.6 Å². The second-order valence-corrected chi connectivity index (χ2v) is 14.8. The summed E-state index contributed by atoms with van der Waals surface area (Å²) in [6.07, 6.45) is 6.00. The minimum Gasteiger partial charge on any atom is -0.494 e. The van der Waals surface area contributed by atoms with E-state index in [-0.39, 0.29) is 35.9 Å². The number of nitrogens with zero attached hydrogens (tertiary/aromatic N) is 4. The summed E-state index contributed by atoms with van der Waals surface area (Å²) in [4.78, 5) is 48.6. The minimum absolute atomic E-state index is 0.139. The highest BCUT2D eigenvalue weighted by molar-refractivity contribution is 6.05. The number of hydrogen-bond donors (Lipinski definition) is 0. The summed E-state index contributed by atoms with van der Waals surface area (Å²) in [6, 6.07) is 31.5. The highest BCUT2D eigenvalue weighted by atomic mass is 16.5. The molecule has 0 atom stereocenters. The Labute approximate surface area is 397 Å². The van der Waals surface area contributed by atoms with E-state index in [1.165, 1.54) is 0 Å². The van der Waals surface area contributed by atoms with Crippen molar-refractivity contribution in [3.63, 3.8) is 0 Å². The predicted octanol–water partition coefficient (Wildman–Crippen LogP) is 10.3. The van der Waals surface area contributed by atoms with Crippen molar-refractivity contribution in [1.82, 2.24) is 0 Å². The van der Waals surface area contributed by atoms with Gasteiger partial charge >= 0.3 is 23.9 Å². The van der Waals surface area contributed by atoms with Crippen LogP contribution in [-0.2, 0) is 28.7 Å². The smallest absolute Gasteiger partial charge is 0.354 e. The fourth-order valence-corrected chi connectivity index (χ4v) is 6.24. The lowest BCUT2D eigenvalue weighted by Crippen LogP contribution is -2.12. The molecular weight excluding hydrogens is 865 g/mol. The van der Waals surface area contributed by atoms with Crippen molar-refractivity contribution >= 4 is 46.4 Å². The average molecular weight is 919 g/mol. The molecule has 0 aliphatic rings. The molecule has 0 bridgehead atoms. The molecule has 0 fully saturated rings. The molecule has 0 aromatic heterocycles. The third kappa shape index (κ3) is 16.3. The zero-order valence-electron chi connectivity index (χ0n) is 38.7. The Morgan fingerprint density at radius 3 is 1.12 bits per heavy atom. The number of esters is 4. The highest BCUT2D eigenvalue weighted by Gasteiger charge is 2.19. The summed E-state index contributed by atoms with van der Waals surface area (Å²) in [6.45, 7) is 15.4. The molecular formula is C54H54N4O10. The van der Waals surface area contributed by atoms with Crippen LogP contribution in [0.5, 0.6) is 23.0 Å². The van der Waals surface area contributed by atoms with Crippen LogP contribution in [0.1, 0.15) is 88.5 Å². The van der Waals surface area contributed by atoms with Gasteiger partial charge in [-0.2, -0.15) is 20.7 Å². The van der Waals surface area contributed by atoms with E-state index in [0.29, 0.717) is 96.9 Å². The summed E-state index contributed by atoms with van der Waals surface area (Å²) in [5, 5.41) is 28.9. The van der Waals surface area contributed by atoms with Crippen LogP contribution in [0.2, 0.25) is 0 Å². The Hall–Kier alpha value is -8.36. The predicted molar refractivity (Wildman–Crippen MR) is 259 cm³/mol. The van der Waals surface area contributed by atoms with Gasteiger partial charge in [0.05, 0.1) is 37.9 Å². The lowest BCUT2D eigenvalue weighted by Gasteiger charge is -2.10. The first kappa shape index (κ1) is 52.3. The molecule has 4 rings (SSSR count). The lowest BCUT2D eigenvalue weighted by molar-refractivity contribution is -0.138. The largest absolute Gasteiger partial charge is 0.494 e. The van der Waals surface area contributed by atoms with Gasteiger partial charge in [-0.3, -0.25) is 0 Å². The molecule has 0 saturated carbocycles. The van der Waals surface area contributed by atoms with E-state index < -0.39 is 23.9 Å². The van der Waals surface area contributed by atoms with E-state index in [4.69, 9.17) is 28.4 Å². The maximum absolute atomic E-state index is 13.1. The van der Waals surface area contributed by atoms with E-state index in [1.807, 2.05) is 26.0 Å². The summed E-state index contributed by atoms with van der Waals surface area (Å²) in [5.74, 6) is -0.770. The van der Waals surface area contributed by atoms with Crippen LogP contribution in [-0.4, -0.2) is 61.7 Å². The Morgan fingerprint density at radius 1 is 0.500 bits per heavy atom. The normalized spacial score (nSPS) is 11.9. The molecule has 0 spiro atoms. The SMILES string of the molecule is C=CC(=O)OCCCCOc1ccc(/C(C)=C(\C#N)C(=O)Oc2ccc(/C(CC)=N/N=C(\CC)c3ccc(OC(=O)/C(C#N)=C(\C)c4ccc(OCCCCOC(=O)C=C)cc4)cc3)cc2)cc1. The van der Waals surface area contributed by atoms with Gasteiger partial charge in [0.15, 0.2) is 0 Å². The van der Waals surface area contributed by atoms with Crippen LogP contribution in [0.25, 0.3) is 11.1 Å². The fourth-order valence-electron chi connectivity index (χ4n) is 6.24. The van der Waals surface area contributed by atoms with Gasteiger partial charge in [-0.15, -0.1) is 0 Å². The zero-order valence-corrected chi connectivity index (χ0v) is 38.7. The molecule has 0 aliphatic heterocycles. The van der Waals surface area contributed by atoms with Crippen molar-refractivity contribution in [3.05, 3.63) is 156 Å². The van der Waals surface area contributed by atoms with Gasteiger partial charge in [0, 0.05) is 12.2 Å². The lowest BCUT2D eigenvalue weighted by atomic mass is 10.0. The molecule has 0 radical (unpaired) electrons. The Kier molecular flexibility index (Phi) is 21.4. The number of hydrogen-bond acceptors (Lipinski definition) is 14. The molecule has 0 saturated heterocycles. The van der Waals surface area contributed by atoms with Gasteiger partial charge in [0.1, 0.15) is 46.3 Å². The Bertz CT molecular complexity index is 2430. The van der Waals surface area contributed by atoms with Crippen molar-refractivity contribution in [1.29, 1.82) is 10.5 Å². The van der Waals surface area contributed by atoms with Crippen molar-refractivity contribution in [3.8, 4) is 35.1 Å². The van der Waals surface area contributed by atoms with Crippen LogP contribution in [0.15, 0.2) is 144 Å². The Balaban J connectivity index is 1.33. The van der Waals surface area contributed by atoms with Gasteiger partial charge < -0.3 is 28.4 Å². The monoisotopic (exact) mass is 918 g/mol. The number of allylic oxidation sites excluding steroid dienone is 2.